The highest BCUT2D eigenvalue weighted by atomic mass is 35.5. The van der Waals surface area contributed by atoms with Crippen LogP contribution in [0.3, 0.4) is 0 Å². The van der Waals surface area contributed by atoms with Crippen LogP contribution in [0.4, 0.5) is 5.69 Å². The molecule has 0 spiro atoms. The Morgan fingerprint density at radius 1 is 1.12 bits per heavy atom. The minimum absolute atomic E-state index is 0.0105. The molecule has 0 N–H and O–H groups in total. The van der Waals surface area contributed by atoms with Crippen molar-refractivity contribution in [3.05, 3.63) is 57.5 Å². The quantitative estimate of drug-likeness (QED) is 0.825. The van der Waals surface area contributed by atoms with Crippen molar-refractivity contribution in [2.45, 2.75) is 25.3 Å². The molecule has 2 aliphatic rings. The molecule has 2 heterocycles. The van der Waals surface area contributed by atoms with E-state index in [1.165, 1.54) is 10.7 Å². The van der Waals surface area contributed by atoms with E-state index in [9.17, 15) is 9.59 Å². The van der Waals surface area contributed by atoms with Crippen LogP contribution in [-0.4, -0.2) is 46.8 Å². The maximum atomic E-state index is 12.6. The minimum Gasteiger partial charge on any atom is -0.368 e. The summed E-state index contributed by atoms with van der Waals surface area (Å²) in [6.45, 7) is 2.76. The van der Waals surface area contributed by atoms with Crippen molar-refractivity contribution in [2.75, 3.05) is 31.1 Å². The van der Waals surface area contributed by atoms with Crippen LogP contribution in [0.25, 0.3) is 0 Å². The summed E-state index contributed by atoms with van der Waals surface area (Å²) in [7, 11) is 0. The van der Waals surface area contributed by atoms with Gasteiger partial charge in [0.05, 0.1) is 5.69 Å². The summed E-state index contributed by atoms with van der Waals surface area (Å²) in [6, 6.07) is 11.0. The lowest BCUT2D eigenvalue weighted by molar-refractivity contribution is -0.132. The number of amides is 1. The Balaban J connectivity index is 1.38. The van der Waals surface area contributed by atoms with Crippen LogP contribution in [-0.2, 0) is 11.3 Å². The van der Waals surface area contributed by atoms with E-state index < -0.39 is 0 Å². The lowest BCUT2D eigenvalue weighted by Gasteiger charge is -2.36. The monoisotopic (exact) mass is 372 g/mol. The Morgan fingerprint density at radius 2 is 1.88 bits per heavy atom. The largest absolute Gasteiger partial charge is 0.368 e. The maximum Gasteiger partial charge on any atom is 0.267 e. The van der Waals surface area contributed by atoms with Gasteiger partial charge in [-0.1, -0.05) is 17.7 Å². The molecule has 4 rings (SSSR count). The van der Waals surface area contributed by atoms with E-state index in [1.54, 1.807) is 11.0 Å². The van der Waals surface area contributed by atoms with Crippen LogP contribution < -0.4 is 10.5 Å². The number of halogens is 1. The Morgan fingerprint density at radius 3 is 2.58 bits per heavy atom. The molecule has 1 aromatic carbocycles. The van der Waals surface area contributed by atoms with Crippen LogP contribution in [0.5, 0.6) is 0 Å². The fourth-order valence-corrected chi connectivity index (χ4v) is 3.47. The van der Waals surface area contributed by atoms with Gasteiger partial charge in [0.25, 0.3) is 5.56 Å². The Hall–Kier alpha value is -2.34. The van der Waals surface area contributed by atoms with Gasteiger partial charge in [-0.3, -0.25) is 9.59 Å². The summed E-state index contributed by atoms with van der Waals surface area (Å²) in [5.41, 5.74) is 1.77. The lowest BCUT2D eigenvalue weighted by Crippen LogP contribution is -2.50. The predicted octanol–water partition coefficient (Wildman–Crippen LogP) is 2.12. The Labute approximate surface area is 157 Å². The summed E-state index contributed by atoms with van der Waals surface area (Å²) in [5, 5.41) is 5.08. The number of piperazine rings is 1. The van der Waals surface area contributed by atoms with Gasteiger partial charge in [-0.25, -0.2) is 4.68 Å². The average molecular weight is 373 g/mol. The fourth-order valence-electron chi connectivity index (χ4n) is 3.29. The molecule has 136 valence electrons. The molecular formula is C19H21ClN4O2. The number of aromatic nitrogens is 2. The smallest absolute Gasteiger partial charge is 0.267 e. The molecule has 6 nitrogen and oxygen atoms in total. The number of hydrogen-bond acceptors (Lipinski definition) is 4. The molecule has 1 saturated carbocycles. The third-order valence-electron chi connectivity index (χ3n) is 4.97. The van der Waals surface area contributed by atoms with Crippen LogP contribution in [0.2, 0.25) is 5.02 Å². The van der Waals surface area contributed by atoms with Crippen molar-refractivity contribution in [3.8, 4) is 0 Å². The van der Waals surface area contributed by atoms with Gasteiger partial charge in [0.15, 0.2) is 0 Å². The fraction of sp³-hybridized carbons (Fsp3) is 0.421. The number of nitrogens with zero attached hydrogens (tertiary/aromatic N) is 4. The van der Waals surface area contributed by atoms with E-state index in [0.717, 1.165) is 37.3 Å². The van der Waals surface area contributed by atoms with E-state index in [4.69, 9.17) is 11.6 Å². The molecule has 0 bridgehead atoms. The molecule has 1 aliphatic heterocycles. The maximum absolute atomic E-state index is 12.6. The van der Waals surface area contributed by atoms with Crippen LogP contribution in [0, 0.1) is 0 Å². The number of benzene rings is 1. The molecule has 0 unspecified atom stereocenters. The van der Waals surface area contributed by atoms with Crippen LogP contribution >= 0.6 is 11.6 Å². The molecule has 1 aromatic heterocycles. The highest BCUT2D eigenvalue weighted by molar-refractivity contribution is 6.30. The lowest BCUT2D eigenvalue weighted by atomic mass is 10.2. The minimum atomic E-state index is -0.222. The second-order valence-corrected chi connectivity index (χ2v) is 7.31. The highest BCUT2D eigenvalue weighted by Crippen LogP contribution is 2.38. The van der Waals surface area contributed by atoms with Crippen molar-refractivity contribution in [1.29, 1.82) is 0 Å². The zero-order valence-corrected chi connectivity index (χ0v) is 15.2. The highest BCUT2D eigenvalue weighted by Gasteiger charge is 2.26. The van der Waals surface area contributed by atoms with Gasteiger partial charge >= 0.3 is 0 Å². The van der Waals surface area contributed by atoms with E-state index in [0.29, 0.717) is 24.0 Å². The van der Waals surface area contributed by atoms with Gasteiger partial charge in [0.2, 0.25) is 5.91 Å². The molecule has 1 amide bonds. The first kappa shape index (κ1) is 17.1. The number of hydrogen-bond donors (Lipinski definition) is 0. The summed E-state index contributed by atoms with van der Waals surface area (Å²) in [4.78, 5) is 28.6. The first-order valence-electron chi connectivity index (χ1n) is 8.96. The van der Waals surface area contributed by atoms with Gasteiger partial charge in [-0.05, 0) is 37.1 Å². The normalized spacial score (nSPS) is 17.4. The van der Waals surface area contributed by atoms with Crippen molar-refractivity contribution in [3.63, 3.8) is 0 Å². The first-order chi connectivity index (χ1) is 12.6. The van der Waals surface area contributed by atoms with Crippen molar-refractivity contribution < 1.29 is 4.79 Å². The number of rotatable bonds is 4. The van der Waals surface area contributed by atoms with Gasteiger partial charge in [0.1, 0.15) is 6.54 Å². The van der Waals surface area contributed by atoms with Crippen molar-refractivity contribution in [2.24, 2.45) is 0 Å². The third kappa shape index (κ3) is 3.75. The second-order valence-electron chi connectivity index (χ2n) is 6.88. The molecule has 1 saturated heterocycles. The van der Waals surface area contributed by atoms with Gasteiger partial charge in [-0.15, -0.1) is 0 Å². The Kier molecular flexibility index (Phi) is 4.68. The van der Waals surface area contributed by atoms with Gasteiger partial charge < -0.3 is 9.80 Å². The molecule has 2 fully saturated rings. The van der Waals surface area contributed by atoms with Gasteiger partial charge in [-0.2, -0.15) is 5.10 Å². The van der Waals surface area contributed by atoms with Crippen molar-refractivity contribution in [1.82, 2.24) is 14.7 Å². The zero-order valence-electron chi connectivity index (χ0n) is 14.5. The summed E-state index contributed by atoms with van der Waals surface area (Å²) >= 11 is 6.06. The average Bonchev–Trinajstić information content (AvgIpc) is 3.49. The molecule has 1 aliphatic carbocycles. The van der Waals surface area contributed by atoms with E-state index in [1.807, 2.05) is 24.3 Å². The van der Waals surface area contributed by atoms with Crippen molar-refractivity contribution >= 4 is 23.2 Å². The molecule has 7 heteroatoms. The number of anilines is 1. The standard InChI is InChI=1S/C19H21ClN4O2/c20-15-2-1-3-16(12-15)22-8-10-23(11-9-22)19(26)13-24-18(25)7-6-17(21-24)14-4-5-14/h1-3,6-7,12,14H,4-5,8-11,13H2. The third-order valence-corrected chi connectivity index (χ3v) is 5.21. The number of carbonyl (C=O) groups is 1. The van der Waals surface area contributed by atoms with Crippen LogP contribution in [0.15, 0.2) is 41.2 Å². The SMILES string of the molecule is O=C(Cn1nc(C2CC2)ccc1=O)N1CCN(c2cccc(Cl)c2)CC1. The molecule has 0 radical (unpaired) electrons. The summed E-state index contributed by atoms with van der Waals surface area (Å²) in [5.74, 6) is 0.400. The van der Waals surface area contributed by atoms with Gasteiger partial charge in [0, 0.05) is 48.9 Å². The number of carbonyl (C=O) groups excluding carboxylic acids is 1. The first-order valence-corrected chi connectivity index (χ1v) is 9.34. The van der Waals surface area contributed by atoms with E-state index in [-0.39, 0.29) is 18.0 Å². The van der Waals surface area contributed by atoms with E-state index in [2.05, 4.69) is 10.00 Å². The summed E-state index contributed by atoms with van der Waals surface area (Å²) in [6.07, 6.45) is 2.23. The van der Waals surface area contributed by atoms with E-state index >= 15 is 0 Å². The molecular weight excluding hydrogens is 352 g/mol. The zero-order chi connectivity index (χ0) is 18.1. The predicted molar refractivity (Wildman–Crippen MR) is 101 cm³/mol. The molecule has 0 atom stereocenters. The Bertz CT molecular complexity index is 870. The molecule has 2 aromatic rings. The topological polar surface area (TPSA) is 58.4 Å². The molecule has 26 heavy (non-hydrogen) atoms. The van der Waals surface area contributed by atoms with Crippen LogP contribution in [0.1, 0.15) is 24.5 Å². The summed E-state index contributed by atoms with van der Waals surface area (Å²) < 4.78 is 1.30. The second kappa shape index (κ2) is 7.11.